The minimum Gasteiger partial charge on any atom is -0.311 e. The molecule has 0 unspecified atom stereocenters. The van der Waals surface area contributed by atoms with Crippen molar-refractivity contribution in [2.45, 2.75) is 142 Å². The maximum atomic E-state index is 13.3. The van der Waals surface area contributed by atoms with E-state index in [1.54, 1.807) is 17.1 Å². The van der Waals surface area contributed by atoms with Crippen LogP contribution in [0.5, 0.6) is 0 Å². The van der Waals surface area contributed by atoms with Gasteiger partial charge in [0.2, 0.25) is 0 Å². The number of nitrogens with zero attached hydrogens (tertiary/aromatic N) is 7. The smallest absolute Gasteiger partial charge is 0.162 e. The van der Waals surface area contributed by atoms with Crippen LogP contribution in [0, 0.1) is 11.3 Å². The van der Waals surface area contributed by atoms with Crippen LogP contribution in [0.4, 0.5) is 34.1 Å². The van der Waals surface area contributed by atoms with E-state index in [0.29, 0.717) is 24.2 Å². The molecule has 0 spiro atoms. The highest BCUT2D eigenvalue weighted by atomic mass is 16.1. The van der Waals surface area contributed by atoms with Gasteiger partial charge >= 0.3 is 0 Å². The van der Waals surface area contributed by atoms with E-state index in [-0.39, 0.29) is 11.6 Å². The van der Waals surface area contributed by atoms with Gasteiger partial charge in [-0.2, -0.15) is 5.26 Å². The minimum atomic E-state index is 0.197. The molecule has 0 saturated carbocycles. The zero-order chi connectivity index (χ0) is 56.0. The number of Topliss-reactive ketones (excluding diaryl/α,β-unsaturated/α-hetero) is 2. The fourth-order valence-corrected chi connectivity index (χ4v) is 10.8. The summed E-state index contributed by atoms with van der Waals surface area (Å²) in [4.78, 5) is 37.0. The lowest BCUT2D eigenvalue weighted by atomic mass is 9.97. The Bertz CT molecular complexity index is 3220. The third-order valence-corrected chi connectivity index (χ3v) is 15.4. The van der Waals surface area contributed by atoms with Gasteiger partial charge < -0.3 is 9.80 Å². The molecule has 81 heavy (non-hydrogen) atoms. The normalized spacial score (nSPS) is 11.2. The average molecular weight is 1070 g/mol. The number of hydrogen-bond donors (Lipinski definition) is 0. The van der Waals surface area contributed by atoms with E-state index in [9.17, 15) is 14.9 Å². The van der Waals surface area contributed by atoms with Crippen LogP contribution in [0.2, 0.25) is 0 Å². The Labute approximate surface area is 480 Å². The Morgan fingerprint density at radius 3 is 1.10 bits per heavy atom. The van der Waals surface area contributed by atoms with Gasteiger partial charge in [-0.3, -0.25) is 9.59 Å². The number of aromatic nitrogens is 4. The maximum absolute atomic E-state index is 13.3. The maximum Gasteiger partial charge on any atom is 0.162 e. The quantitative estimate of drug-likeness (QED) is 0.0312. The monoisotopic (exact) mass is 1070 g/mol. The molecule has 0 aliphatic rings. The molecule has 0 radical (unpaired) electrons. The van der Waals surface area contributed by atoms with Crippen LogP contribution in [-0.2, 0) is 0 Å². The number of nitriles is 1. The third kappa shape index (κ3) is 15.3. The molecule has 0 saturated heterocycles. The summed E-state index contributed by atoms with van der Waals surface area (Å²) in [6, 6.07) is 63.5. The molecular weight excluding hydrogens is 995 g/mol. The second kappa shape index (κ2) is 29.7. The Morgan fingerprint density at radius 2 is 0.753 bits per heavy atom. The molecule has 0 atom stereocenters. The van der Waals surface area contributed by atoms with Crippen molar-refractivity contribution in [1.29, 1.82) is 5.26 Å². The topological polar surface area (TPSA) is 108 Å². The zero-order valence-electron chi connectivity index (χ0n) is 47.5. The van der Waals surface area contributed by atoms with Crippen molar-refractivity contribution in [1.82, 2.24) is 20.0 Å². The van der Waals surface area contributed by atoms with Gasteiger partial charge in [-0.05, 0) is 133 Å². The lowest BCUT2D eigenvalue weighted by Crippen LogP contribution is -2.10. The van der Waals surface area contributed by atoms with Crippen molar-refractivity contribution < 1.29 is 9.59 Å². The second-order valence-electron chi connectivity index (χ2n) is 21.4. The average Bonchev–Trinajstić information content (AvgIpc) is 4.23. The number of para-hydroxylation sites is 2. The van der Waals surface area contributed by atoms with Gasteiger partial charge in [0.05, 0.1) is 6.20 Å². The Morgan fingerprint density at radius 1 is 0.407 bits per heavy atom. The molecule has 0 bridgehead atoms. The van der Waals surface area contributed by atoms with E-state index in [2.05, 4.69) is 144 Å². The summed E-state index contributed by atoms with van der Waals surface area (Å²) in [6.07, 6.45) is 24.8. The molecule has 2 heterocycles. The van der Waals surface area contributed by atoms with Crippen LogP contribution in [-0.4, -0.2) is 31.5 Å². The standard InChI is InChI=1S/C72H77N7O2/c1-3-5-7-9-11-13-15-17-25-31-69(80)57-37-46-64(47-38-57)77(60-27-21-19-22-28-60)62-42-33-55(34-43-62)67-51-52-68(72-71(67)75-79(76-72)66-50-41-59(53-73)74-54-66)56-35-44-63(45-36-56)78(61-29-23-20-24-30-61)65-48-39-58(40-49-65)70(81)32-26-18-16-14-12-10-8-6-4-2/h19-24,27-30,33-52,54H,3-18,25-26,31-32H2,1-2H3. The van der Waals surface area contributed by atoms with Crippen molar-refractivity contribution in [3.8, 4) is 34.0 Å². The minimum absolute atomic E-state index is 0.197. The fourth-order valence-electron chi connectivity index (χ4n) is 10.8. The highest BCUT2D eigenvalue weighted by Gasteiger charge is 2.20. The number of carbonyl (C=O) groups excluding carboxylic acids is 2. The summed E-state index contributed by atoms with van der Waals surface area (Å²) in [5.74, 6) is 0.394. The van der Waals surface area contributed by atoms with Crippen LogP contribution < -0.4 is 9.80 Å². The molecule has 0 N–H and O–H groups in total. The fraction of sp³-hybridized carbons (Fsp3) is 0.306. The molecule has 2 aromatic heterocycles. The zero-order valence-corrected chi connectivity index (χ0v) is 47.5. The van der Waals surface area contributed by atoms with Gasteiger partial charge in [0, 0.05) is 69.2 Å². The molecule has 0 fully saturated rings. The molecule has 9 nitrogen and oxygen atoms in total. The second-order valence-corrected chi connectivity index (χ2v) is 21.4. The first kappa shape index (κ1) is 57.2. The predicted octanol–water partition coefficient (Wildman–Crippen LogP) is 20.2. The largest absolute Gasteiger partial charge is 0.311 e. The van der Waals surface area contributed by atoms with E-state index in [1.165, 1.54) is 89.9 Å². The van der Waals surface area contributed by atoms with Gasteiger partial charge in [-0.25, -0.2) is 4.98 Å². The van der Waals surface area contributed by atoms with Gasteiger partial charge in [-0.1, -0.05) is 189 Å². The van der Waals surface area contributed by atoms with Crippen molar-refractivity contribution in [3.63, 3.8) is 0 Å². The number of carbonyl (C=O) groups is 2. The van der Waals surface area contributed by atoms with Crippen molar-refractivity contribution in [2.75, 3.05) is 9.80 Å². The first-order chi connectivity index (χ1) is 39.9. The molecule has 0 aliphatic heterocycles. The van der Waals surface area contributed by atoms with E-state index < -0.39 is 0 Å². The van der Waals surface area contributed by atoms with Crippen LogP contribution in [0.3, 0.4) is 0 Å². The van der Waals surface area contributed by atoms with Crippen LogP contribution >= 0.6 is 0 Å². The number of hydrogen-bond acceptors (Lipinski definition) is 8. The lowest BCUT2D eigenvalue weighted by molar-refractivity contribution is 0.0971. The van der Waals surface area contributed by atoms with E-state index in [1.807, 2.05) is 66.7 Å². The molecule has 412 valence electrons. The molecule has 0 amide bonds. The summed E-state index contributed by atoms with van der Waals surface area (Å²) in [5.41, 5.74) is 13.5. The Kier molecular flexibility index (Phi) is 20.9. The number of fused-ring (bicyclic) bond motifs is 1. The van der Waals surface area contributed by atoms with E-state index in [0.717, 1.165) is 104 Å². The number of benzene rings is 7. The summed E-state index contributed by atoms with van der Waals surface area (Å²) >= 11 is 0. The predicted molar refractivity (Wildman–Crippen MR) is 334 cm³/mol. The number of anilines is 6. The number of pyridine rings is 1. The molecule has 9 aromatic rings. The van der Waals surface area contributed by atoms with Gasteiger partial charge in [-0.15, -0.1) is 15.0 Å². The van der Waals surface area contributed by atoms with Crippen molar-refractivity contribution in [3.05, 3.63) is 205 Å². The van der Waals surface area contributed by atoms with E-state index >= 15 is 0 Å². The summed E-state index contributed by atoms with van der Waals surface area (Å²) in [5, 5.41) is 19.8. The SMILES string of the molecule is CCCCCCCCCCCC(=O)c1ccc(N(c2ccccc2)c2ccc(-c3ccc(-c4ccc(N(c5ccccc5)c5ccc(C(=O)CCCCCCCCCCC)cc5)cc4)c4nn(-c5ccc(C#N)nc5)nc34)cc2)cc1. The molecule has 0 aliphatic carbocycles. The van der Waals surface area contributed by atoms with Gasteiger partial charge in [0.15, 0.2) is 11.6 Å². The van der Waals surface area contributed by atoms with Crippen molar-refractivity contribution >= 4 is 56.7 Å². The highest BCUT2D eigenvalue weighted by Crippen LogP contribution is 2.40. The Hall–Kier alpha value is -8.48. The summed E-state index contributed by atoms with van der Waals surface area (Å²) < 4.78 is 0. The third-order valence-electron chi connectivity index (χ3n) is 15.4. The lowest BCUT2D eigenvalue weighted by Gasteiger charge is -2.26. The first-order valence-electron chi connectivity index (χ1n) is 29.9. The highest BCUT2D eigenvalue weighted by molar-refractivity contribution is 6.01. The first-order valence-corrected chi connectivity index (χ1v) is 29.9. The number of unbranched alkanes of at least 4 members (excludes halogenated alkanes) is 16. The Balaban J connectivity index is 0.949. The van der Waals surface area contributed by atoms with Crippen LogP contribution in [0.25, 0.3) is 39.0 Å². The van der Waals surface area contributed by atoms with Crippen molar-refractivity contribution in [2.24, 2.45) is 0 Å². The van der Waals surface area contributed by atoms with Crippen LogP contribution in [0.15, 0.2) is 188 Å². The van der Waals surface area contributed by atoms with Crippen LogP contribution in [0.1, 0.15) is 169 Å². The number of ketones is 2. The summed E-state index contributed by atoms with van der Waals surface area (Å²) in [7, 11) is 0. The molecular formula is C72H77N7O2. The molecule has 9 rings (SSSR count). The summed E-state index contributed by atoms with van der Waals surface area (Å²) in [6.45, 7) is 4.51. The van der Waals surface area contributed by atoms with Gasteiger partial charge in [0.1, 0.15) is 28.5 Å². The van der Waals surface area contributed by atoms with Gasteiger partial charge in [0.25, 0.3) is 0 Å². The number of rotatable bonds is 31. The van der Waals surface area contributed by atoms with E-state index in [4.69, 9.17) is 10.2 Å². The molecule has 9 heteroatoms. The molecule has 7 aromatic carbocycles.